The molecule has 2 heteroatoms. The topological polar surface area (TPSA) is 32.3 Å². The molecule has 0 radical (unpaired) electrons. The molecule has 0 heterocycles. The lowest BCUT2D eigenvalue weighted by atomic mass is 9.74. The molecule has 4 atom stereocenters. The van der Waals surface area contributed by atoms with Gasteiger partial charge in [0.15, 0.2) is 0 Å². The maximum atomic E-state index is 9.89. The van der Waals surface area contributed by atoms with Gasteiger partial charge in [0.1, 0.15) is 0 Å². The predicted octanol–water partition coefficient (Wildman–Crippen LogP) is 3.49. The second kappa shape index (κ2) is 6.38. The van der Waals surface area contributed by atoms with Gasteiger partial charge in [-0.05, 0) is 37.5 Å². The molecule has 0 aromatic heterocycles. The summed E-state index contributed by atoms with van der Waals surface area (Å²) < 4.78 is 0. The van der Waals surface area contributed by atoms with E-state index in [1.54, 1.807) is 0 Å². The molecular formula is C16H31NO. The van der Waals surface area contributed by atoms with E-state index in [0.29, 0.717) is 12.6 Å². The van der Waals surface area contributed by atoms with Crippen molar-refractivity contribution >= 4 is 0 Å². The van der Waals surface area contributed by atoms with E-state index in [1.165, 1.54) is 51.4 Å². The zero-order valence-corrected chi connectivity index (χ0v) is 12.3. The number of aliphatic hydroxyl groups excluding tert-OH is 1. The number of rotatable bonds is 4. The standard InChI is InChI=1S/C16H31NO/c1-3-14-8-4-5-9-15(14)17-16(12-18)10-6-7-13(2)11-16/h13-15,17-18H,3-12H2,1-2H3. The maximum absolute atomic E-state index is 9.89. The highest BCUT2D eigenvalue weighted by Crippen LogP contribution is 2.35. The second-order valence-corrected chi connectivity index (χ2v) is 6.84. The molecular weight excluding hydrogens is 222 g/mol. The van der Waals surface area contributed by atoms with Crippen LogP contribution < -0.4 is 5.32 Å². The summed E-state index contributed by atoms with van der Waals surface area (Å²) in [4.78, 5) is 0. The van der Waals surface area contributed by atoms with Crippen LogP contribution in [-0.4, -0.2) is 23.3 Å². The lowest BCUT2D eigenvalue weighted by Crippen LogP contribution is -2.57. The number of aliphatic hydroxyl groups is 1. The van der Waals surface area contributed by atoms with Gasteiger partial charge in [-0.2, -0.15) is 0 Å². The summed E-state index contributed by atoms with van der Waals surface area (Å²) in [7, 11) is 0. The van der Waals surface area contributed by atoms with Crippen molar-refractivity contribution in [1.82, 2.24) is 5.32 Å². The van der Waals surface area contributed by atoms with E-state index in [2.05, 4.69) is 19.2 Å². The molecule has 4 unspecified atom stereocenters. The van der Waals surface area contributed by atoms with Gasteiger partial charge >= 0.3 is 0 Å². The van der Waals surface area contributed by atoms with Gasteiger partial charge in [-0.1, -0.05) is 46.0 Å². The molecule has 2 nitrogen and oxygen atoms in total. The van der Waals surface area contributed by atoms with Crippen molar-refractivity contribution in [3.05, 3.63) is 0 Å². The molecule has 18 heavy (non-hydrogen) atoms. The summed E-state index contributed by atoms with van der Waals surface area (Å²) in [5.41, 5.74) is 0.0348. The molecule has 0 saturated heterocycles. The molecule has 106 valence electrons. The van der Waals surface area contributed by atoms with Gasteiger partial charge in [-0.3, -0.25) is 0 Å². The Balaban J connectivity index is 1.99. The third-order valence-electron chi connectivity index (χ3n) is 5.32. The van der Waals surface area contributed by atoms with E-state index < -0.39 is 0 Å². The van der Waals surface area contributed by atoms with Crippen LogP contribution in [0.5, 0.6) is 0 Å². The van der Waals surface area contributed by atoms with Gasteiger partial charge in [0.05, 0.1) is 6.61 Å². The van der Waals surface area contributed by atoms with Crippen LogP contribution >= 0.6 is 0 Å². The average molecular weight is 253 g/mol. The third-order valence-corrected chi connectivity index (χ3v) is 5.32. The van der Waals surface area contributed by atoms with Crippen LogP contribution in [0.1, 0.15) is 71.6 Å². The highest BCUT2D eigenvalue weighted by atomic mass is 16.3. The molecule has 0 aromatic rings. The second-order valence-electron chi connectivity index (χ2n) is 6.84. The Morgan fingerprint density at radius 1 is 1.17 bits per heavy atom. The first kappa shape index (κ1) is 14.3. The first-order valence-corrected chi connectivity index (χ1v) is 8.07. The Morgan fingerprint density at radius 2 is 1.94 bits per heavy atom. The van der Waals surface area contributed by atoms with Gasteiger partial charge in [-0.25, -0.2) is 0 Å². The molecule has 0 spiro atoms. The minimum Gasteiger partial charge on any atom is -0.394 e. The van der Waals surface area contributed by atoms with Crippen LogP contribution in [0.25, 0.3) is 0 Å². The summed E-state index contributed by atoms with van der Waals surface area (Å²) in [5, 5.41) is 13.8. The quantitative estimate of drug-likeness (QED) is 0.804. The van der Waals surface area contributed by atoms with Crippen LogP contribution in [0, 0.1) is 11.8 Å². The normalized spacial score (nSPS) is 41.8. The van der Waals surface area contributed by atoms with Crippen molar-refractivity contribution in [3.8, 4) is 0 Å². The number of hydrogen-bond donors (Lipinski definition) is 2. The lowest BCUT2D eigenvalue weighted by Gasteiger charge is -2.45. The molecule has 2 aliphatic carbocycles. The first-order valence-electron chi connectivity index (χ1n) is 8.07. The van der Waals surface area contributed by atoms with Crippen molar-refractivity contribution in [3.63, 3.8) is 0 Å². The van der Waals surface area contributed by atoms with E-state index in [-0.39, 0.29) is 5.54 Å². The fourth-order valence-corrected chi connectivity index (χ4v) is 4.26. The van der Waals surface area contributed by atoms with Crippen molar-refractivity contribution in [1.29, 1.82) is 0 Å². The van der Waals surface area contributed by atoms with Crippen LogP contribution in [0.15, 0.2) is 0 Å². The fraction of sp³-hybridized carbons (Fsp3) is 1.00. The molecule has 0 aromatic carbocycles. The fourth-order valence-electron chi connectivity index (χ4n) is 4.26. The zero-order valence-electron chi connectivity index (χ0n) is 12.3. The van der Waals surface area contributed by atoms with Gasteiger partial charge in [-0.15, -0.1) is 0 Å². The number of nitrogens with one attached hydrogen (secondary N) is 1. The maximum Gasteiger partial charge on any atom is 0.0613 e. The largest absolute Gasteiger partial charge is 0.394 e. The van der Waals surface area contributed by atoms with Crippen LogP contribution in [0.3, 0.4) is 0 Å². The van der Waals surface area contributed by atoms with E-state index >= 15 is 0 Å². The van der Waals surface area contributed by atoms with Crippen molar-refractivity contribution < 1.29 is 5.11 Å². The molecule has 0 bridgehead atoms. The van der Waals surface area contributed by atoms with Crippen molar-refractivity contribution in [2.24, 2.45) is 11.8 Å². The Labute approximate surface area is 113 Å². The Morgan fingerprint density at radius 3 is 2.61 bits per heavy atom. The van der Waals surface area contributed by atoms with Crippen LogP contribution in [0.2, 0.25) is 0 Å². The highest BCUT2D eigenvalue weighted by Gasteiger charge is 2.37. The molecule has 2 fully saturated rings. The summed E-state index contributed by atoms with van der Waals surface area (Å²) in [6.45, 7) is 4.98. The van der Waals surface area contributed by atoms with Crippen molar-refractivity contribution in [2.75, 3.05) is 6.61 Å². The lowest BCUT2D eigenvalue weighted by molar-refractivity contribution is 0.0696. The molecule has 0 amide bonds. The minimum atomic E-state index is 0.0348. The van der Waals surface area contributed by atoms with E-state index in [1.807, 2.05) is 0 Å². The first-order chi connectivity index (χ1) is 8.69. The average Bonchev–Trinajstić information content (AvgIpc) is 2.39. The molecule has 2 N–H and O–H groups in total. The molecule has 2 rings (SSSR count). The Bertz CT molecular complexity index is 255. The highest BCUT2D eigenvalue weighted by molar-refractivity contribution is 4.96. The SMILES string of the molecule is CCC1CCCCC1NC1(CO)CCCC(C)C1. The monoisotopic (exact) mass is 253 g/mol. The zero-order chi connectivity index (χ0) is 13.0. The van der Waals surface area contributed by atoms with Gasteiger partial charge < -0.3 is 10.4 Å². The van der Waals surface area contributed by atoms with Gasteiger partial charge in [0.2, 0.25) is 0 Å². The van der Waals surface area contributed by atoms with Crippen LogP contribution in [-0.2, 0) is 0 Å². The summed E-state index contributed by atoms with van der Waals surface area (Å²) in [6, 6.07) is 0.654. The van der Waals surface area contributed by atoms with Gasteiger partial charge in [0, 0.05) is 11.6 Å². The third kappa shape index (κ3) is 3.27. The van der Waals surface area contributed by atoms with Gasteiger partial charge in [0.25, 0.3) is 0 Å². The van der Waals surface area contributed by atoms with E-state index in [9.17, 15) is 5.11 Å². The van der Waals surface area contributed by atoms with Crippen LogP contribution in [0.4, 0.5) is 0 Å². The molecule has 0 aliphatic heterocycles. The smallest absolute Gasteiger partial charge is 0.0613 e. The minimum absolute atomic E-state index is 0.0348. The predicted molar refractivity (Wildman–Crippen MR) is 76.6 cm³/mol. The van der Waals surface area contributed by atoms with E-state index in [4.69, 9.17) is 0 Å². The number of hydrogen-bond acceptors (Lipinski definition) is 2. The summed E-state index contributed by atoms with van der Waals surface area (Å²) in [6.07, 6.45) is 11.7. The summed E-state index contributed by atoms with van der Waals surface area (Å²) in [5.74, 6) is 1.60. The Hall–Kier alpha value is -0.0800. The summed E-state index contributed by atoms with van der Waals surface area (Å²) >= 11 is 0. The van der Waals surface area contributed by atoms with Crippen molar-refractivity contribution in [2.45, 2.75) is 83.2 Å². The molecule has 2 aliphatic rings. The Kier molecular flexibility index (Phi) is 5.08. The molecule has 2 saturated carbocycles. The van der Waals surface area contributed by atoms with E-state index in [0.717, 1.165) is 18.3 Å².